The molecule has 1 aromatic heterocycles. The molecule has 0 radical (unpaired) electrons. The van der Waals surface area contributed by atoms with Crippen LogP contribution in [0.15, 0.2) is 6.33 Å². The maximum Gasteiger partial charge on any atom is 0.140 e. The summed E-state index contributed by atoms with van der Waals surface area (Å²) in [5.74, 6) is 0.988. The third kappa shape index (κ3) is 3.22. The largest absolute Gasteiger partial charge is 0.308 e. The standard InChI is InChI=1S/C11H22N4S/c1-5-11(6-2,16-4)8-12-7-10-13-9-14-15(10)3/h9,12H,5-8H2,1-4H3. The molecule has 0 spiro atoms. The topological polar surface area (TPSA) is 42.7 Å². The smallest absolute Gasteiger partial charge is 0.140 e. The van der Waals surface area contributed by atoms with Gasteiger partial charge >= 0.3 is 0 Å². The van der Waals surface area contributed by atoms with Crippen molar-refractivity contribution in [2.45, 2.75) is 38.0 Å². The van der Waals surface area contributed by atoms with Crippen molar-refractivity contribution in [1.29, 1.82) is 0 Å². The van der Waals surface area contributed by atoms with E-state index in [-0.39, 0.29) is 0 Å². The van der Waals surface area contributed by atoms with Gasteiger partial charge in [0.15, 0.2) is 0 Å². The van der Waals surface area contributed by atoms with E-state index in [2.05, 4.69) is 35.5 Å². The van der Waals surface area contributed by atoms with Crippen LogP contribution in [0.25, 0.3) is 0 Å². The number of hydrogen-bond acceptors (Lipinski definition) is 4. The Bertz CT molecular complexity index is 298. The van der Waals surface area contributed by atoms with E-state index in [4.69, 9.17) is 0 Å². The van der Waals surface area contributed by atoms with Gasteiger partial charge in [-0.05, 0) is 19.1 Å². The maximum absolute atomic E-state index is 4.20. The van der Waals surface area contributed by atoms with Crippen LogP contribution in [0.3, 0.4) is 0 Å². The van der Waals surface area contributed by atoms with Crippen LogP contribution in [0.1, 0.15) is 32.5 Å². The van der Waals surface area contributed by atoms with Crippen molar-refractivity contribution >= 4 is 11.8 Å². The highest BCUT2D eigenvalue weighted by molar-refractivity contribution is 8.00. The number of hydrogen-bond donors (Lipinski definition) is 1. The summed E-state index contributed by atoms with van der Waals surface area (Å²) in [6.45, 7) is 6.32. The minimum atomic E-state index is 0.360. The van der Waals surface area contributed by atoms with E-state index in [1.165, 1.54) is 12.8 Å². The zero-order chi connectivity index (χ0) is 12.0. The van der Waals surface area contributed by atoms with E-state index in [1.807, 2.05) is 23.5 Å². The van der Waals surface area contributed by atoms with Crippen molar-refractivity contribution in [3.8, 4) is 0 Å². The molecular weight excluding hydrogens is 220 g/mol. The van der Waals surface area contributed by atoms with Crippen LogP contribution in [0.4, 0.5) is 0 Å². The molecule has 0 fully saturated rings. The van der Waals surface area contributed by atoms with Crippen molar-refractivity contribution in [3.63, 3.8) is 0 Å². The zero-order valence-electron chi connectivity index (χ0n) is 10.7. The normalized spacial score (nSPS) is 12.0. The van der Waals surface area contributed by atoms with Gasteiger partial charge in [0.2, 0.25) is 0 Å². The molecule has 5 heteroatoms. The fourth-order valence-electron chi connectivity index (χ4n) is 1.74. The van der Waals surface area contributed by atoms with Gasteiger partial charge in [0.25, 0.3) is 0 Å². The summed E-state index contributed by atoms with van der Waals surface area (Å²) in [7, 11) is 1.92. The van der Waals surface area contributed by atoms with E-state index < -0.39 is 0 Å². The van der Waals surface area contributed by atoms with Gasteiger partial charge in [-0.2, -0.15) is 16.9 Å². The highest BCUT2D eigenvalue weighted by Gasteiger charge is 2.24. The second kappa shape index (κ2) is 6.25. The molecule has 1 aromatic rings. The molecular formula is C11H22N4S. The summed E-state index contributed by atoms with van der Waals surface area (Å²) in [5, 5.41) is 7.53. The van der Waals surface area contributed by atoms with Gasteiger partial charge in [-0.25, -0.2) is 4.98 Å². The molecule has 0 aromatic carbocycles. The molecule has 0 aliphatic rings. The fourth-order valence-corrected chi connectivity index (χ4v) is 2.57. The summed E-state index contributed by atoms with van der Waals surface area (Å²) in [4.78, 5) is 4.20. The molecule has 0 unspecified atom stereocenters. The number of thioether (sulfide) groups is 1. The minimum Gasteiger partial charge on any atom is -0.308 e. The molecule has 1 N–H and O–H groups in total. The summed E-state index contributed by atoms with van der Waals surface area (Å²) < 4.78 is 2.17. The molecule has 92 valence electrons. The van der Waals surface area contributed by atoms with E-state index in [0.29, 0.717) is 4.75 Å². The molecule has 0 bridgehead atoms. The quantitative estimate of drug-likeness (QED) is 0.792. The summed E-state index contributed by atoms with van der Waals surface area (Å²) in [5.41, 5.74) is 0. The predicted molar refractivity (Wildman–Crippen MR) is 69.5 cm³/mol. The van der Waals surface area contributed by atoms with Crippen LogP contribution < -0.4 is 5.32 Å². The molecule has 0 aliphatic heterocycles. The number of nitrogens with one attached hydrogen (secondary N) is 1. The monoisotopic (exact) mass is 242 g/mol. The van der Waals surface area contributed by atoms with Crippen LogP contribution in [0, 0.1) is 0 Å². The molecule has 1 rings (SSSR count). The summed E-state index contributed by atoms with van der Waals surface area (Å²) in [6.07, 6.45) is 6.17. The Morgan fingerprint density at radius 3 is 2.56 bits per heavy atom. The molecule has 1 heterocycles. The lowest BCUT2D eigenvalue weighted by Crippen LogP contribution is -2.36. The fraction of sp³-hybridized carbons (Fsp3) is 0.818. The van der Waals surface area contributed by atoms with Gasteiger partial charge in [-0.15, -0.1) is 0 Å². The molecule has 0 atom stereocenters. The van der Waals surface area contributed by atoms with Crippen LogP contribution in [0.2, 0.25) is 0 Å². The Morgan fingerprint density at radius 1 is 1.44 bits per heavy atom. The number of aryl methyl sites for hydroxylation is 1. The molecule has 0 saturated carbocycles. The Morgan fingerprint density at radius 2 is 2.12 bits per heavy atom. The van der Waals surface area contributed by atoms with E-state index in [1.54, 1.807) is 6.33 Å². The first-order chi connectivity index (χ1) is 7.67. The molecule has 0 saturated heterocycles. The maximum atomic E-state index is 4.20. The van der Waals surface area contributed by atoms with Crippen LogP contribution >= 0.6 is 11.8 Å². The van der Waals surface area contributed by atoms with E-state index in [0.717, 1.165) is 18.9 Å². The zero-order valence-corrected chi connectivity index (χ0v) is 11.5. The molecule has 0 amide bonds. The van der Waals surface area contributed by atoms with Crippen LogP contribution in [-0.2, 0) is 13.6 Å². The lowest BCUT2D eigenvalue weighted by molar-refractivity contribution is 0.484. The van der Waals surface area contributed by atoms with E-state index in [9.17, 15) is 0 Å². The summed E-state index contributed by atoms with van der Waals surface area (Å²) in [6, 6.07) is 0. The van der Waals surface area contributed by atoms with Crippen LogP contribution in [0.5, 0.6) is 0 Å². The first-order valence-electron chi connectivity index (χ1n) is 5.76. The Hall–Kier alpha value is -0.550. The van der Waals surface area contributed by atoms with Gasteiger partial charge in [0.1, 0.15) is 12.2 Å². The number of aromatic nitrogens is 3. The Kier molecular flexibility index (Phi) is 5.28. The van der Waals surface area contributed by atoms with Gasteiger partial charge in [-0.1, -0.05) is 13.8 Å². The van der Waals surface area contributed by atoms with Crippen molar-refractivity contribution in [3.05, 3.63) is 12.2 Å². The van der Waals surface area contributed by atoms with Crippen LogP contribution in [-0.4, -0.2) is 32.3 Å². The van der Waals surface area contributed by atoms with Crippen molar-refractivity contribution in [2.24, 2.45) is 7.05 Å². The SMILES string of the molecule is CCC(CC)(CNCc1ncnn1C)SC. The van der Waals surface area contributed by atoms with Crippen molar-refractivity contribution < 1.29 is 0 Å². The third-order valence-corrected chi connectivity index (χ3v) is 4.84. The molecule has 4 nitrogen and oxygen atoms in total. The number of nitrogens with zero attached hydrogens (tertiary/aromatic N) is 3. The highest BCUT2D eigenvalue weighted by atomic mass is 32.2. The first kappa shape index (κ1) is 13.5. The van der Waals surface area contributed by atoms with Gasteiger partial charge in [-0.3, -0.25) is 4.68 Å². The van der Waals surface area contributed by atoms with E-state index >= 15 is 0 Å². The average molecular weight is 242 g/mol. The van der Waals surface area contributed by atoms with Crippen molar-refractivity contribution in [2.75, 3.05) is 12.8 Å². The second-order valence-corrected chi connectivity index (χ2v) is 5.27. The first-order valence-corrected chi connectivity index (χ1v) is 6.98. The second-order valence-electron chi connectivity index (χ2n) is 4.00. The van der Waals surface area contributed by atoms with Gasteiger partial charge < -0.3 is 5.32 Å². The predicted octanol–water partition coefficient (Wildman–Crippen LogP) is 1.83. The lowest BCUT2D eigenvalue weighted by Gasteiger charge is -2.29. The lowest BCUT2D eigenvalue weighted by atomic mass is 10.0. The highest BCUT2D eigenvalue weighted by Crippen LogP contribution is 2.29. The summed E-state index contributed by atoms with van der Waals surface area (Å²) >= 11 is 1.95. The third-order valence-electron chi connectivity index (χ3n) is 3.26. The van der Waals surface area contributed by atoms with Gasteiger partial charge in [0, 0.05) is 18.3 Å². The Balaban J connectivity index is 2.42. The molecule has 16 heavy (non-hydrogen) atoms. The average Bonchev–Trinajstić information content (AvgIpc) is 2.71. The minimum absolute atomic E-state index is 0.360. The van der Waals surface area contributed by atoms with Crippen molar-refractivity contribution in [1.82, 2.24) is 20.1 Å². The molecule has 0 aliphatic carbocycles. The Labute approximate surface area is 102 Å². The van der Waals surface area contributed by atoms with Gasteiger partial charge in [0.05, 0.1) is 6.54 Å². The number of rotatable bonds is 7.